The topological polar surface area (TPSA) is 69.4 Å². The van der Waals surface area contributed by atoms with E-state index in [9.17, 15) is 8.42 Å². The smallest absolute Gasteiger partial charge is 0.238 e. The molecule has 5 heteroatoms. The minimum absolute atomic E-state index is 0.118. The minimum atomic E-state index is -3.64. The van der Waals surface area contributed by atoms with Crippen molar-refractivity contribution < 1.29 is 13.2 Å². The molecule has 0 atom stereocenters. The molecule has 0 aliphatic rings. The Morgan fingerprint density at radius 3 is 2.33 bits per heavy atom. The van der Waals surface area contributed by atoms with Crippen molar-refractivity contribution in [2.45, 2.75) is 24.7 Å². The maximum Gasteiger partial charge on any atom is 0.238 e. The molecular weight excluding hydrogens is 214 g/mol. The number of ether oxygens (including phenoxy) is 1. The Morgan fingerprint density at radius 2 is 1.93 bits per heavy atom. The Labute approximate surface area is 90.1 Å². The van der Waals surface area contributed by atoms with Crippen LogP contribution in [0.3, 0.4) is 0 Å². The van der Waals surface area contributed by atoms with Gasteiger partial charge < -0.3 is 4.74 Å². The Kier molecular flexibility index (Phi) is 3.36. The lowest BCUT2D eigenvalue weighted by atomic mass is 10.0. The number of benzene rings is 1. The molecule has 0 fully saturated rings. The summed E-state index contributed by atoms with van der Waals surface area (Å²) < 4.78 is 27.4. The average Bonchev–Trinajstić information content (AvgIpc) is 2.15. The van der Waals surface area contributed by atoms with Crippen molar-refractivity contribution in [1.29, 1.82) is 0 Å². The number of nitrogens with two attached hydrogens (primary N) is 1. The lowest BCUT2D eigenvalue weighted by Gasteiger charge is -2.12. The molecule has 0 unspecified atom stereocenters. The summed E-state index contributed by atoms with van der Waals surface area (Å²) in [6, 6.07) is 4.62. The molecule has 0 aliphatic carbocycles. The number of sulfonamides is 1. The van der Waals surface area contributed by atoms with E-state index in [2.05, 4.69) is 0 Å². The molecule has 15 heavy (non-hydrogen) atoms. The summed E-state index contributed by atoms with van der Waals surface area (Å²) in [6.07, 6.45) is 0. The zero-order valence-corrected chi connectivity index (χ0v) is 9.84. The predicted molar refractivity (Wildman–Crippen MR) is 58.5 cm³/mol. The second-order valence-electron chi connectivity index (χ2n) is 3.60. The van der Waals surface area contributed by atoms with Gasteiger partial charge in [0.15, 0.2) is 0 Å². The van der Waals surface area contributed by atoms with Crippen LogP contribution in [0, 0.1) is 0 Å². The van der Waals surface area contributed by atoms with Crippen LogP contribution >= 0.6 is 0 Å². The molecule has 0 spiro atoms. The maximum atomic E-state index is 11.1. The van der Waals surface area contributed by atoms with Crippen LogP contribution in [0.4, 0.5) is 0 Å². The van der Waals surface area contributed by atoms with E-state index in [0.717, 1.165) is 5.56 Å². The molecule has 0 bridgehead atoms. The highest BCUT2D eigenvalue weighted by molar-refractivity contribution is 7.89. The molecule has 0 amide bonds. The highest BCUT2D eigenvalue weighted by atomic mass is 32.2. The molecule has 4 nitrogen and oxygen atoms in total. The van der Waals surface area contributed by atoms with Gasteiger partial charge in [-0.25, -0.2) is 13.6 Å². The first kappa shape index (κ1) is 12.0. The Balaban J connectivity index is 3.35. The summed E-state index contributed by atoms with van der Waals surface area (Å²) >= 11 is 0. The molecule has 0 heterocycles. The number of hydrogen-bond donors (Lipinski definition) is 1. The van der Waals surface area contributed by atoms with E-state index in [1.165, 1.54) is 6.07 Å². The Morgan fingerprint density at radius 1 is 1.33 bits per heavy atom. The van der Waals surface area contributed by atoms with Crippen molar-refractivity contribution in [2.75, 3.05) is 7.11 Å². The van der Waals surface area contributed by atoms with Gasteiger partial charge >= 0.3 is 0 Å². The molecule has 84 valence electrons. The highest BCUT2D eigenvalue weighted by Crippen LogP contribution is 2.28. The van der Waals surface area contributed by atoms with E-state index < -0.39 is 10.0 Å². The van der Waals surface area contributed by atoms with Crippen LogP contribution in [-0.4, -0.2) is 15.5 Å². The Bertz CT molecular complexity index is 452. The van der Waals surface area contributed by atoms with Gasteiger partial charge in [-0.1, -0.05) is 13.8 Å². The maximum absolute atomic E-state index is 11.1. The number of rotatable bonds is 3. The number of methoxy groups -OCH3 is 1. The van der Waals surface area contributed by atoms with Crippen LogP contribution in [0.2, 0.25) is 0 Å². The fourth-order valence-electron chi connectivity index (χ4n) is 1.34. The zero-order valence-electron chi connectivity index (χ0n) is 9.02. The summed E-state index contributed by atoms with van der Waals surface area (Å²) in [5, 5.41) is 5.05. The fraction of sp³-hybridized carbons (Fsp3) is 0.400. The molecule has 1 aromatic rings. The van der Waals surface area contributed by atoms with E-state index in [4.69, 9.17) is 9.88 Å². The molecule has 0 saturated carbocycles. The van der Waals surface area contributed by atoms with Gasteiger partial charge in [0.05, 0.1) is 12.0 Å². The van der Waals surface area contributed by atoms with Gasteiger partial charge in [-0.15, -0.1) is 0 Å². The third-order valence-corrected chi connectivity index (χ3v) is 3.06. The van der Waals surface area contributed by atoms with Crippen molar-refractivity contribution in [3.8, 4) is 5.75 Å². The molecule has 1 aromatic carbocycles. The molecule has 0 aliphatic heterocycles. The summed E-state index contributed by atoms with van der Waals surface area (Å²) in [7, 11) is -2.09. The van der Waals surface area contributed by atoms with Gasteiger partial charge in [0, 0.05) is 0 Å². The van der Waals surface area contributed by atoms with Crippen molar-refractivity contribution in [3.63, 3.8) is 0 Å². The molecule has 2 N–H and O–H groups in total. The molecule has 1 rings (SSSR count). The quantitative estimate of drug-likeness (QED) is 0.853. The van der Waals surface area contributed by atoms with Crippen molar-refractivity contribution in [2.24, 2.45) is 5.14 Å². The monoisotopic (exact) mass is 229 g/mol. The molecule has 0 saturated heterocycles. The third-order valence-electron chi connectivity index (χ3n) is 2.15. The van der Waals surface area contributed by atoms with Gasteiger partial charge in [-0.3, -0.25) is 0 Å². The van der Waals surface area contributed by atoms with Crippen LogP contribution < -0.4 is 9.88 Å². The van der Waals surface area contributed by atoms with Gasteiger partial charge in [0.1, 0.15) is 5.75 Å². The largest absolute Gasteiger partial charge is 0.496 e. The predicted octanol–water partition coefficient (Wildman–Crippen LogP) is 1.47. The van der Waals surface area contributed by atoms with E-state index >= 15 is 0 Å². The van der Waals surface area contributed by atoms with Gasteiger partial charge in [0.2, 0.25) is 10.0 Å². The molecular formula is C10H15NO3S. The van der Waals surface area contributed by atoms with Crippen molar-refractivity contribution in [3.05, 3.63) is 23.8 Å². The second kappa shape index (κ2) is 4.20. The SMILES string of the molecule is COc1ccc(S(N)(=O)=O)cc1C(C)C. The summed E-state index contributed by atoms with van der Waals surface area (Å²) in [5.74, 6) is 0.860. The normalized spacial score (nSPS) is 11.8. The third kappa shape index (κ3) is 2.70. The first-order valence-corrected chi connectivity index (χ1v) is 6.11. The summed E-state index contributed by atoms with van der Waals surface area (Å²) in [6.45, 7) is 3.93. The van der Waals surface area contributed by atoms with E-state index in [1.54, 1.807) is 19.2 Å². The lowest BCUT2D eigenvalue weighted by Crippen LogP contribution is -2.12. The van der Waals surface area contributed by atoms with Crippen LogP contribution in [0.1, 0.15) is 25.3 Å². The average molecular weight is 229 g/mol. The summed E-state index contributed by atoms with van der Waals surface area (Å²) in [5.41, 5.74) is 0.837. The molecule has 0 aromatic heterocycles. The lowest BCUT2D eigenvalue weighted by molar-refractivity contribution is 0.407. The molecule has 0 radical (unpaired) electrons. The van der Waals surface area contributed by atoms with Gasteiger partial charge in [-0.2, -0.15) is 0 Å². The van der Waals surface area contributed by atoms with Gasteiger partial charge in [0.25, 0.3) is 0 Å². The fourth-order valence-corrected chi connectivity index (χ4v) is 1.89. The number of primary sulfonamides is 1. The van der Waals surface area contributed by atoms with Crippen molar-refractivity contribution >= 4 is 10.0 Å². The van der Waals surface area contributed by atoms with Gasteiger partial charge in [-0.05, 0) is 29.7 Å². The van der Waals surface area contributed by atoms with Crippen LogP contribution in [-0.2, 0) is 10.0 Å². The van der Waals surface area contributed by atoms with Crippen molar-refractivity contribution in [1.82, 2.24) is 0 Å². The highest BCUT2D eigenvalue weighted by Gasteiger charge is 2.13. The number of hydrogen-bond acceptors (Lipinski definition) is 3. The van der Waals surface area contributed by atoms with E-state index in [0.29, 0.717) is 5.75 Å². The standard InChI is InChI=1S/C10H15NO3S/c1-7(2)9-6-8(15(11,12)13)4-5-10(9)14-3/h4-7H,1-3H3,(H2,11,12,13). The minimum Gasteiger partial charge on any atom is -0.496 e. The Hall–Kier alpha value is -1.07. The second-order valence-corrected chi connectivity index (χ2v) is 5.16. The van der Waals surface area contributed by atoms with E-state index in [1.807, 2.05) is 13.8 Å². The van der Waals surface area contributed by atoms with Crippen LogP contribution in [0.5, 0.6) is 5.75 Å². The first-order valence-electron chi connectivity index (χ1n) is 4.57. The zero-order chi connectivity index (χ0) is 11.6. The van der Waals surface area contributed by atoms with Crippen LogP contribution in [0.25, 0.3) is 0 Å². The summed E-state index contributed by atoms with van der Waals surface area (Å²) in [4.78, 5) is 0.118. The van der Waals surface area contributed by atoms with Crippen LogP contribution in [0.15, 0.2) is 23.1 Å². The van der Waals surface area contributed by atoms with E-state index in [-0.39, 0.29) is 10.8 Å². The first-order chi connectivity index (χ1) is 6.86.